The molecule has 1 aromatic heterocycles. The minimum absolute atomic E-state index is 0.00769. The number of halogens is 1. The van der Waals surface area contributed by atoms with Crippen LogP contribution in [0.15, 0.2) is 72.9 Å². The standard InChI is InChI=1S/C30H38FN3O3/c1-3-10-29(35)33(19-9-20-37-4-2)24-30(36)34(22-25-11-6-5-7-12-25)23-28-13-8-18-32(28)21-26-14-16-27(31)17-15-26/h5-8,11-18H,3-4,9-10,19-24H2,1-2H3. The van der Waals surface area contributed by atoms with Gasteiger partial charge in [-0.1, -0.05) is 49.4 Å². The third-order valence-corrected chi connectivity index (χ3v) is 6.18. The summed E-state index contributed by atoms with van der Waals surface area (Å²) < 4.78 is 20.9. The first-order valence-electron chi connectivity index (χ1n) is 13.1. The molecule has 0 unspecified atom stereocenters. The van der Waals surface area contributed by atoms with Gasteiger partial charge in [-0.3, -0.25) is 9.59 Å². The Morgan fingerprint density at radius 3 is 2.32 bits per heavy atom. The van der Waals surface area contributed by atoms with Crippen LogP contribution in [0.25, 0.3) is 0 Å². The topological polar surface area (TPSA) is 54.8 Å². The van der Waals surface area contributed by atoms with E-state index in [1.165, 1.54) is 12.1 Å². The number of aromatic nitrogens is 1. The van der Waals surface area contributed by atoms with Gasteiger partial charge in [-0.05, 0) is 55.2 Å². The number of rotatable bonds is 15. The van der Waals surface area contributed by atoms with Gasteiger partial charge in [-0.15, -0.1) is 0 Å². The summed E-state index contributed by atoms with van der Waals surface area (Å²) in [6, 6.07) is 20.3. The van der Waals surface area contributed by atoms with Gasteiger partial charge in [0.2, 0.25) is 11.8 Å². The zero-order chi connectivity index (χ0) is 26.5. The minimum Gasteiger partial charge on any atom is -0.382 e. The molecule has 0 saturated carbocycles. The number of nitrogens with zero attached hydrogens (tertiary/aromatic N) is 3. The van der Waals surface area contributed by atoms with Crippen LogP contribution in [-0.4, -0.2) is 52.5 Å². The van der Waals surface area contributed by atoms with Crippen molar-refractivity contribution in [1.82, 2.24) is 14.4 Å². The molecule has 0 aliphatic rings. The Morgan fingerprint density at radius 2 is 1.62 bits per heavy atom. The Balaban J connectivity index is 1.77. The van der Waals surface area contributed by atoms with E-state index in [2.05, 4.69) is 4.57 Å². The number of carbonyl (C=O) groups is 2. The van der Waals surface area contributed by atoms with Crippen molar-refractivity contribution in [3.05, 3.63) is 95.6 Å². The summed E-state index contributed by atoms with van der Waals surface area (Å²) in [6.45, 7) is 7.05. The van der Waals surface area contributed by atoms with Crippen molar-refractivity contribution >= 4 is 11.8 Å². The largest absolute Gasteiger partial charge is 0.382 e. The van der Waals surface area contributed by atoms with E-state index in [9.17, 15) is 14.0 Å². The molecule has 0 aliphatic carbocycles. The van der Waals surface area contributed by atoms with Crippen molar-refractivity contribution in [3.8, 4) is 0 Å². The van der Waals surface area contributed by atoms with E-state index in [0.717, 1.165) is 23.2 Å². The van der Waals surface area contributed by atoms with Crippen LogP contribution in [0.1, 0.15) is 49.9 Å². The molecule has 1 heterocycles. The SMILES string of the molecule is CCCC(=O)N(CCCOCC)CC(=O)N(Cc1ccccc1)Cc1cccn1Cc1ccc(F)cc1. The van der Waals surface area contributed by atoms with E-state index in [4.69, 9.17) is 4.74 Å². The van der Waals surface area contributed by atoms with Gasteiger partial charge in [-0.2, -0.15) is 0 Å². The Morgan fingerprint density at radius 1 is 0.865 bits per heavy atom. The fourth-order valence-electron chi connectivity index (χ4n) is 4.19. The fraction of sp³-hybridized carbons (Fsp3) is 0.400. The highest BCUT2D eigenvalue weighted by molar-refractivity contribution is 5.84. The molecule has 2 amide bonds. The number of carbonyl (C=O) groups excluding carboxylic acids is 2. The van der Waals surface area contributed by atoms with Crippen LogP contribution in [-0.2, 0) is 34.0 Å². The molecule has 7 heteroatoms. The maximum atomic E-state index is 13.6. The molecule has 0 N–H and O–H groups in total. The van der Waals surface area contributed by atoms with E-state index >= 15 is 0 Å². The van der Waals surface area contributed by atoms with Crippen LogP contribution in [0, 0.1) is 5.82 Å². The molecule has 0 fully saturated rings. The zero-order valence-corrected chi connectivity index (χ0v) is 21.9. The number of hydrogen-bond donors (Lipinski definition) is 0. The highest BCUT2D eigenvalue weighted by atomic mass is 19.1. The smallest absolute Gasteiger partial charge is 0.242 e. The Hall–Kier alpha value is -3.45. The Bertz CT molecular complexity index is 1100. The lowest BCUT2D eigenvalue weighted by Gasteiger charge is -2.28. The summed E-state index contributed by atoms with van der Waals surface area (Å²) >= 11 is 0. The molecule has 6 nitrogen and oxygen atoms in total. The maximum absolute atomic E-state index is 13.6. The predicted octanol–water partition coefficient (Wildman–Crippen LogP) is 5.26. The summed E-state index contributed by atoms with van der Waals surface area (Å²) in [5.41, 5.74) is 2.97. The third kappa shape index (κ3) is 9.17. The van der Waals surface area contributed by atoms with E-state index in [-0.39, 0.29) is 24.2 Å². The molecule has 0 atom stereocenters. The first-order chi connectivity index (χ1) is 18.0. The van der Waals surface area contributed by atoms with Crippen molar-refractivity contribution in [2.24, 2.45) is 0 Å². The lowest BCUT2D eigenvalue weighted by atomic mass is 10.2. The van der Waals surface area contributed by atoms with Gasteiger partial charge in [0.15, 0.2) is 0 Å². The normalized spacial score (nSPS) is 10.9. The van der Waals surface area contributed by atoms with Crippen molar-refractivity contribution < 1.29 is 18.7 Å². The lowest BCUT2D eigenvalue weighted by molar-refractivity contribution is -0.141. The molecule has 0 saturated heterocycles. The monoisotopic (exact) mass is 507 g/mol. The van der Waals surface area contributed by atoms with Gasteiger partial charge in [0.05, 0.1) is 13.1 Å². The van der Waals surface area contributed by atoms with Crippen LogP contribution in [0.2, 0.25) is 0 Å². The van der Waals surface area contributed by atoms with Crippen molar-refractivity contribution in [3.63, 3.8) is 0 Å². The van der Waals surface area contributed by atoms with Crippen LogP contribution < -0.4 is 0 Å². The summed E-state index contributed by atoms with van der Waals surface area (Å²) in [7, 11) is 0. The van der Waals surface area contributed by atoms with Gasteiger partial charge < -0.3 is 19.1 Å². The highest BCUT2D eigenvalue weighted by Gasteiger charge is 2.22. The summed E-state index contributed by atoms with van der Waals surface area (Å²) in [5, 5.41) is 0. The second-order valence-corrected chi connectivity index (χ2v) is 9.11. The zero-order valence-electron chi connectivity index (χ0n) is 21.9. The van der Waals surface area contributed by atoms with Crippen LogP contribution in [0.3, 0.4) is 0 Å². The number of ether oxygens (including phenoxy) is 1. The average molecular weight is 508 g/mol. The fourth-order valence-corrected chi connectivity index (χ4v) is 4.19. The van der Waals surface area contributed by atoms with Crippen LogP contribution >= 0.6 is 0 Å². The molecule has 0 bridgehead atoms. The van der Waals surface area contributed by atoms with Gasteiger partial charge in [0.1, 0.15) is 5.82 Å². The Kier molecular flexibility index (Phi) is 11.4. The Labute approximate surface area is 219 Å². The van der Waals surface area contributed by atoms with Gasteiger partial charge in [0, 0.05) is 51.2 Å². The molecule has 0 radical (unpaired) electrons. The van der Waals surface area contributed by atoms with Crippen molar-refractivity contribution in [1.29, 1.82) is 0 Å². The molecular formula is C30H38FN3O3. The van der Waals surface area contributed by atoms with E-state index in [1.807, 2.05) is 62.5 Å². The summed E-state index contributed by atoms with van der Waals surface area (Å²) in [6.07, 6.45) is 3.81. The van der Waals surface area contributed by atoms with E-state index < -0.39 is 0 Å². The van der Waals surface area contributed by atoms with Crippen molar-refractivity contribution in [2.45, 2.75) is 52.7 Å². The number of hydrogen-bond acceptors (Lipinski definition) is 3. The molecule has 0 aliphatic heterocycles. The molecule has 2 aromatic carbocycles. The van der Waals surface area contributed by atoms with E-state index in [1.54, 1.807) is 21.9 Å². The van der Waals surface area contributed by atoms with Crippen LogP contribution in [0.4, 0.5) is 4.39 Å². The minimum atomic E-state index is -0.264. The third-order valence-electron chi connectivity index (χ3n) is 6.18. The molecule has 0 spiro atoms. The summed E-state index contributed by atoms with van der Waals surface area (Å²) in [4.78, 5) is 29.9. The highest BCUT2D eigenvalue weighted by Crippen LogP contribution is 2.15. The first-order valence-corrected chi connectivity index (χ1v) is 13.1. The second kappa shape index (κ2) is 15.0. The number of amides is 2. The molecule has 3 aromatic rings. The van der Waals surface area contributed by atoms with Gasteiger partial charge in [-0.25, -0.2) is 4.39 Å². The second-order valence-electron chi connectivity index (χ2n) is 9.11. The molecule has 3 rings (SSSR count). The maximum Gasteiger partial charge on any atom is 0.242 e. The first kappa shape index (κ1) is 28.1. The van der Waals surface area contributed by atoms with Gasteiger partial charge in [0.25, 0.3) is 0 Å². The predicted molar refractivity (Wildman–Crippen MR) is 143 cm³/mol. The quantitative estimate of drug-likeness (QED) is 0.264. The van der Waals surface area contributed by atoms with Gasteiger partial charge >= 0.3 is 0 Å². The average Bonchev–Trinajstić information content (AvgIpc) is 3.33. The lowest BCUT2D eigenvalue weighted by Crippen LogP contribution is -2.43. The molecular weight excluding hydrogens is 469 g/mol. The molecule has 198 valence electrons. The number of benzene rings is 2. The van der Waals surface area contributed by atoms with E-state index in [0.29, 0.717) is 52.2 Å². The summed E-state index contributed by atoms with van der Waals surface area (Å²) in [5.74, 6) is -0.370. The van der Waals surface area contributed by atoms with Crippen molar-refractivity contribution in [2.75, 3.05) is 26.3 Å². The molecule has 37 heavy (non-hydrogen) atoms. The van der Waals surface area contributed by atoms with Crippen LogP contribution in [0.5, 0.6) is 0 Å².